The molecular formula is C24H32N2O5S. The zero-order valence-corrected chi connectivity index (χ0v) is 20.1. The minimum absolute atomic E-state index is 0.0459. The van der Waals surface area contributed by atoms with Gasteiger partial charge in [0.15, 0.2) is 11.5 Å². The zero-order chi connectivity index (χ0) is 22.7. The van der Waals surface area contributed by atoms with E-state index in [1.165, 1.54) is 28.8 Å². The fourth-order valence-corrected chi connectivity index (χ4v) is 6.15. The number of rotatable bonds is 7. The van der Waals surface area contributed by atoms with Gasteiger partial charge in [-0.2, -0.15) is 0 Å². The van der Waals surface area contributed by atoms with E-state index in [9.17, 15) is 4.79 Å². The topological polar surface area (TPSA) is 69.3 Å². The number of nitrogens with zero attached hydrogens (tertiary/aromatic N) is 1. The number of anilines is 1. The molecule has 1 fully saturated rings. The van der Waals surface area contributed by atoms with E-state index in [1.54, 1.807) is 39.6 Å². The van der Waals surface area contributed by atoms with Gasteiger partial charge in [0, 0.05) is 30.5 Å². The molecule has 1 N–H and O–H groups in total. The van der Waals surface area contributed by atoms with Gasteiger partial charge in [0.05, 0.1) is 40.6 Å². The van der Waals surface area contributed by atoms with Crippen molar-refractivity contribution in [2.75, 3.05) is 52.9 Å². The Morgan fingerprint density at radius 2 is 1.72 bits per heavy atom. The number of amides is 1. The molecule has 1 atom stereocenters. The summed E-state index contributed by atoms with van der Waals surface area (Å²) in [4.78, 5) is 15.9. The van der Waals surface area contributed by atoms with E-state index in [1.807, 2.05) is 12.1 Å². The van der Waals surface area contributed by atoms with Gasteiger partial charge in [-0.1, -0.05) is 0 Å². The molecule has 1 saturated heterocycles. The first-order chi connectivity index (χ1) is 15.6. The lowest BCUT2D eigenvalue weighted by Crippen LogP contribution is -2.40. The van der Waals surface area contributed by atoms with E-state index in [2.05, 4.69) is 10.2 Å². The van der Waals surface area contributed by atoms with Crippen molar-refractivity contribution in [3.05, 3.63) is 33.7 Å². The Hall–Kier alpha value is -2.29. The van der Waals surface area contributed by atoms with E-state index < -0.39 is 0 Å². The normalized spacial score (nSPS) is 17.4. The summed E-state index contributed by atoms with van der Waals surface area (Å²) in [5.74, 6) is 1.79. The lowest BCUT2D eigenvalue weighted by atomic mass is 9.88. The average molecular weight is 461 g/mol. The van der Waals surface area contributed by atoms with E-state index in [0.29, 0.717) is 30.5 Å². The van der Waals surface area contributed by atoms with Crippen LogP contribution in [0.25, 0.3) is 0 Å². The summed E-state index contributed by atoms with van der Waals surface area (Å²) in [6, 6.07) is 4.02. The number of fused-ring (bicyclic) bond motifs is 1. The van der Waals surface area contributed by atoms with Gasteiger partial charge < -0.3 is 24.3 Å². The van der Waals surface area contributed by atoms with Crippen molar-refractivity contribution in [2.24, 2.45) is 0 Å². The highest BCUT2D eigenvalue weighted by molar-refractivity contribution is 7.16. The fourth-order valence-electron chi connectivity index (χ4n) is 4.79. The minimum Gasteiger partial charge on any atom is -0.493 e. The lowest BCUT2D eigenvalue weighted by molar-refractivity contribution is -0.114. The first kappa shape index (κ1) is 22.9. The number of carbonyl (C=O) groups excluding carboxylic acids is 1. The number of morpholine rings is 1. The fraction of sp³-hybridized carbons (Fsp3) is 0.542. The Balaban J connectivity index is 1.92. The van der Waals surface area contributed by atoms with Crippen molar-refractivity contribution in [1.82, 2.24) is 4.90 Å². The van der Waals surface area contributed by atoms with Gasteiger partial charge in [-0.05, 0) is 48.9 Å². The van der Waals surface area contributed by atoms with E-state index in [0.717, 1.165) is 36.5 Å². The van der Waals surface area contributed by atoms with Gasteiger partial charge in [0.25, 0.3) is 0 Å². The maximum atomic E-state index is 12.1. The van der Waals surface area contributed by atoms with Crippen LogP contribution in [-0.2, 0) is 22.4 Å². The molecule has 1 aromatic carbocycles. The molecule has 1 aliphatic heterocycles. The number of aryl methyl sites for hydroxylation is 1. The third kappa shape index (κ3) is 4.44. The molecule has 2 aromatic rings. The molecule has 0 bridgehead atoms. The predicted octanol–water partition coefficient (Wildman–Crippen LogP) is 4.03. The molecule has 2 aliphatic rings. The van der Waals surface area contributed by atoms with Crippen molar-refractivity contribution in [3.8, 4) is 17.2 Å². The monoisotopic (exact) mass is 460 g/mol. The van der Waals surface area contributed by atoms with E-state index in [-0.39, 0.29) is 11.9 Å². The molecule has 0 spiro atoms. The Kier molecular flexibility index (Phi) is 7.23. The Morgan fingerprint density at radius 3 is 2.31 bits per heavy atom. The third-order valence-corrected chi connectivity index (χ3v) is 7.41. The molecule has 1 aromatic heterocycles. The predicted molar refractivity (Wildman–Crippen MR) is 126 cm³/mol. The number of carbonyl (C=O) groups is 1. The van der Waals surface area contributed by atoms with Crippen LogP contribution in [0.3, 0.4) is 0 Å². The number of hydrogen-bond donors (Lipinski definition) is 1. The third-order valence-electron chi connectivity index (χ3n) is 6.19. The largest absolute Gasteiger partial charge is 0.493 e. The summed E-state index contributed by atoms with van der Waals surface area (Å²) in [5.41, 5.74) is 3.64. The van der Waals surface area contributed by atoms with Gasteiger partial charge in [-0.15, -0.1) is 11.3 Å². The second-order valence-electron chi connectivity index (χ2n) is 8.14. The minimum atomic E-state index is -0.0486. The lowest BCUT2D eigenvalue weighted by Gasteiger charge is -2.36. The average Bonchev–Trinajstić information content (AvgIpc) is 3.16. The van der Waals surface area contributed by atoms with Gasteiger partial charge >= 0.3 is 0 Å². The molecule has 0 radical (unpaired) electrons. The molecule has 0 unspecified atom stereocenters. The highest BCUT2D eigenvalue weighted by atomic mass is 32.1. The quantitative estimate of drug-likeness (QED) is 0.673. The molecule has 1 aliphatic carbocycles. The highest BCUT2D eigenvalue weighted by Gasteiger charge is 2.34. The SMILES string of the molecule is COc1cc([C@@H](c2c(NC(C)=O)sc3c2CCCC3)N2CCOCC2)cc(OC)c1OC. The van der Waals surface area contributed by atoms with Crippen LogP contribution < -0.4 is 19.5 Å². The second-order valence-corrected chi connectivity index (χ2v) is 9.25. The molecule has 174 valence electrons. The zero-order valence-electron chi connectivity index (χ0n) is 19.3. The first-order valence-corrected chi connectivity index (χ1v) is 11.9. The van der Waals surface area contributed by atoms with E-state index >= 15 is 0 Å². The number of methoxy groups -OCH3 is 3. The van der Waals surface area contributed by atoms with Gasteiger partial charge in [0.1, 0.15) is 5.00 Å². The molecule has 0 saturated carbocycles. The second kappa shape index (κ2) is 10.1. The molecule has 1 amide bonds. The maximum absolute atomic E-state index is 12.1. The van der Waals surface area contributed by atoms with Crippen LogP contribution in [0.1, 0.15) is 47.4 Å². The summed E-state index contributed by atoms with van der Waals surface area (Å²) < 4.78 is 22.5. The molecule has 7 nitrogen and oxygen atoms in total. The van der Waals surface area contributed by atoms with Crippen molar-refractivity contribution >= 4 is 22.2 Å². The Morgan fingerprint density at radius 1 is 1.06 bits per heavy atom. The van der Waals surface area contributed by atoms with Crippen LogP contribution in [0.15, 0.2) is 12.1 Å². The first-order valence-electron chi connectivity index (χ1n) is 11.1. The van der Waals surface area contributed by atoms with Crippen molar-refractivity contribution in [2.45, 2.75) is 38.6 Å². The highest BCUT2D eigenvalue weighted by Crippen LogP contribution is 2.48. The number of hydrogen-bond acceptors (Lipinski definition) is 7. The van der Waals surface area contributed by atoms with Crippen molar-refractivity contribution in [3.63, 3.8) is 0 Å². The van der Waals surface area contributed by atoms with Crippen LogP contribution in [0.4, 0.5) is 5.00 Å². The van der Waals surface area contributed by atoms with Gasteiger partial charge in [0.2, 0.25) is 11.7 Å². The maximum Gasteiger partial charge on any atom is 0.221 e. The number of benzene rings is 1. The standard InChI is InChI=1S/C24H32N2O5S/c1-15(27)25-24-21(17-7-5-6-8-20(17)32-24)22(26-9-11-31-12-10-26)16-13-18(28-2)23(30-4)19(14-16)29-3/h13-14,22H,5-12H2,1-4H3,(H,25,27)/t22-/m0/s1. The summed E-state index contributed by atoms with van der Waals surface area (Å²) in [6.45, 7) is 4.56. The van der Waals surface area contributed by atoms with Gasteiger partial charge in [-0.3, -0.25) is 9.69 Å². The van der Waals surface area contributed by atoms with Crippen LogP contribution in [0.2, 0.25) is 0 Å². The Bertz CT molecular complexity index is 943. The smallest absolute Gasteiger partial charge is 0.221 e. The van der Waals surface area contributed by atoms with E-state index in [4.69, 9.17) is 18.9 Å². The summed E-state index contributed by atoms with van der Waals surface area (Å²) in [7, 11) is 4.89. The van der Waals surface area contributed by atoms with Crippen molar-refractivity contribution in [1.29, 1.82) is 0 Å². The summed E-state index contributed by atoms with van der Waals surface area (Å²) >= 11 is 1.73. The molecule has 2 heterocycles. The van der Waals surface area contributed by atoms with Crippen LogP contribution in [0, 0.1) is 0 Å². The van der Waals surface area contributed by atoms with Gasteiger partial charge in [-0.25, -0.2) is 0 Å². The number of ether oxygens (including phenoxy) is 4. The molecule has 4 rings (SSSR count). The number of nitrogens with one attached hydrogen (secondary N) is 1. The summed E-state index contributed by atoms with van der Waals surface area (Å²) in [6.07, 6.45) is 4.46. The van der Waals surface area contributed by atoms with Crippen molar-refractivity contribution < 1.29 is 23.7 Å². The van der Waals surface area contributed by atoms with Crippen LogP contribution in [0.5, 0.6) is 17.2 Å². The summed E-state index contributed by atoms with van der Waals surface area (Å²) in [5, 5.41) is 4.09. The van der Waals surface area contributed by atoms with Crippen LogP contribution in [-0.4, -0.2) is 58.4 Å². The molecule has 8 heteroatoms. The number of thiophene rings is 1. The molecular weight excluding hydrogens is 428 g/mol. The molecule has 32 heavy (non-hydrogen) atoms. The van der Waals surface area contributed by atoms with Crippen LogP contribution >= 0.6 is 11.3 Å². The Labute approximate surface area is 193 Å².